The Bertz CT molecular complexity index is 849. The van der Waals surface area contributed by atoms with Gasteiger partial charge in [0, 0.05) is 10.9 Å². The minimum absolute atomic E-state index is 0.0610. The number of carboxylic acid groups (broad SMARTS) is 1. The summed E-state index contributed by atoms with van der Waals surface area (Å²) in [5, 5.41) is 10.1. The molecule has 23 heavy (non-hydrogen) atoms. The number of H-pyrrole nitrogens is 1. The molecule has 118 valence electrons. The molecule has 0 aliphatic carbocycles. The fourth-order valence-corrected chi connectivity index (χ4v) is 2.69. The van der Waals surface area contributed by atoms with Gasteiger partial charge in [0.15, 0.2) is 0 Å². The molecule has 0 aliphatic rings. The third kappa shape index (κ3) is 2.85. The van der Waals surface area contributed by atoms with Gasteiger partial charge in [-0.2, -0.15) is 0 Å². The van der Waals surface area contributed by atoms with Crippen LogP contribution in [0.3, 0.4) is 0 Å². The molecular formula is C18H17NO4. The quantitative estimate of drug-likeness (QED) is 0.756. The predicted molar refractivity (Wildman–Crippen MR) is 88.2 cm³/mol. The predicted octanol–water partition coefficient (Wildman–Crippen LogP) is 3.48. The summed E-state index contributed by atoms with van der Waals surface area (Å²) in [6, 6.07) is 13.1. The molecule has 3 aromatic rings. The van der Waals surface area contributed by atoms with Crippen molar-refractivity contribution in [2.45, 2.75) is 6.42 Å². The van der Waals surface area contributed by atoms with Gasteiger partial charge in [0.2, 0.25) is 0 Å². The number of aliphatic carboxylic acids is 1. The summed E-state index contributed by atoms with van der Waals surface area (Å²) in [5.74, 6) is 0.583. The molecule has 0 spiro atoms. The van der Waals surface area contributed by atoms with Gasteiger partial charge in [-0.05, 0) is 53.6 Å². The van der Waals surface area contributed by atoms with Crippen LogP contribution in [0.2, 0.25) is 0 Å². The van der Waals surface area contributed by atoms with Crippen LogP contribution < -0.4 is 9.47 Å². The van der Waals surface area contributed by atoms with E-state index in [-0.39, 0.29) is 6.42 Å². The van der Waals surface area contributed by atoms with Crippen molar-refractivity contribution >= 4 is 16.9 Å². The van der Waals surface area contributed by atoms with Gasteiger partial charge in [0.05, 0.1) is 26.3 Å². The number of hydrogen-bond acceptors (Lipinski definition) is 3. The van der Waals surface area contributed by atoms with Gasteiger partial charge in [-0.1, -0.05) is 0 Å². The lowest BCUT2D eigenvalue weighted by Crippen LogP contribution is -2.01. The summed E-state index contributed by atoms with van der Waals surface area (Å²) in [5.41, 5.74) is 3.35. The lowest BCUT2D eigenvalue weighted by atomic mass is 10.0. The van der Waals surface area contributed by atoms with E-state index in [1.807, 2.05) is 42.5 Å². The Morgan fingerprint density at radius 1 is 1.04 bits per heavy atom. The van der Waals surface area contributed by atoms with Crippen LogP contribution in [0.15, 0.2) is 42.5 Å². The van der Waals surface area contributed by atoms with Crippen molar-refractivity contribution in [2.24, 2.45) is 0 Å². The van der Waals surface area contributed by atoms with Crippen molar-refractivity contribution in [3.05, 3.63) is 48.0 Å². The van der Waals surface area contributed by atoms with Crippen molar-refractivity contribution in [3.8, 4) is 22.8 Å². The molecule has 2 N–H and O–H groups in total. The van der Waals surface area contributed by atoms with E-state index in [1.54, 1.807) is 14.2 Å². The zero-order chi connectivity index (χ0) is 16.4. The van der Waals surface area contributed by atoms with Crippen molar-refractivity contribution in [2.75, 3.05) is 14.2 Å². The second kappa shape index (κ2) is 6.04. The van der Waals surface area contributed by atoms with E-state index in [0.29, 0.717) is 5.75 Å². The molecule has 2 aromatic carbocycles. The molecule has 3 rings (SSSR count). The standard InChI is InChI=1S/C18H17NO4/c1-22-12-5-3-11(4-6-12)18-15(10-17(20)21)14-9-13(23-2)7-8-16(14)19-18/h3-9,19H,10H2,1-2H3,(H,20,21). The Morgan fingerprint density at radius 2 is 1.70 bits per heavy atom. The lowest BCUT2D eigenvalue weighted by Gasteiger charge is -2.05. The number of rotatable bonds is 5. The smallest absolute Gasteiger partial charge is 0.307 e. The number of ether oxygens (including phenoxy) is 2. The number of hydrogen-bond donors (Lipinski definition) is 2. The molecule has 0 bridgehead atoms. The SMILES string of the molecule is COc1ccc(-c2[nH]c3ccc(OC)cc3c2CC(=O)O)cc1. The Labute approximate surface area is 133 Å². The molecule has 1 heterocycles. The van der Waals surface area contributed by atoms with E-state index in [4.69, 9.17) is 9.47 Å². The van der Waals surface area contributed by atoms with Crippen LogP contribution in [0.25, 0.3) is 22.2 Å². The number of fused-ring (bicyclic) bond motifs is 1. The summed E-state index contributed by atoms with van der Waals surface area (Å²) in [6.45, 7) is 0. The maximum Gasteiger partial charge on any atom is 0.307 e. The second-order valence-electron chi connectivity index (χ2n) is 5.19. The van der Waals surface area contributed by atoms with E-state index < -0.39 is 5.97 Å². The summed E-state index contributed by atoms with van der Waals surface area (Å²) in [6.07, 6.45) is -0.0610. The summed E-state index contributed by atoms with van der Waals surface area (Å²) < 4.78 is 10.4. The second-order valence-corrected chi connectivity index (χ2v) is 5.19. The number of aromatic amines is 1. The zero-order valence-corrected chi connectivity index (χ0v) is 12.9. The third-order valence-electron chi connectivity index (χ3n) is 3.82. The maximum atomic E-state index is 11.3. The van der Waals surface area contributed by atoms with E-state index in [1.165, 1.54) is 0 Å². The molecule has 0 amide bonds. The largest absolute Gasteiger partial charge is 0.497 e. The summed E-state index contributed by atoms with van der Waals surface area (Å²) >= 11 is 0. The minimum atomic E-state index is -0.872. The molecule has 0 unspecified atom stereocenters. The number of carbonyl (C=O) groups is 1. The Hall–Kier alpha value is -2.95. The van der Waals surface area contributed by atoms with Crippen LogP contribution in [0.1, 0.15) is 5.56 Å². The van der Waals surface area contributed by atoms with Crippen LogP contribution in [-0.2, 0) is 11.2 Å². The maximum absolute atomic E-state index is 11.3. The van der Waals surface area contributed by atoms with E-state index in [0.717, 1.165) is 33.5 Å². The van der Waals surface area contributed by atoms with E-state index in [9.17, 15) is 9.90 Å². The average Bonchev–Trinajstić information content (AvgIpc) is 2.92. The highest BCUT2D eigenvalue weighted by Gasteiger charge is 2.16. The van der Waals surface area contributed by atoms with Gasteiger partial charge >= 0.3 is 5.97 Å². The zero-order valence-electron chi connectivity index (χ0n) is 12.9. The van der Waals surface area contributed by atoms with Crippen molar-refractivity contribution < 1.29 is 19.4 Å². The average molecular weight is 311 g/mol. The number of benzene rings is 2. The highest BCUT2D eigenvalue weighted by Crippen LogP contribution is 2.33. The molecule has 0 saturated heterocycles. The van der Waals surface area contributed by atoms with Gasteiger partial charge in [-0.15, -0.1) is 0 Å². The highest BCUT2D eigenvalue weighted by molar-refractivity contribution is 5.94. The lowest BCUT2D eigenvalue weighted by molar-refractivity contribution is -0.136. The normalized spacial score (nSPS) is 10.7. The Kier molecular flexibility index (Phi) is 3.93. The van der Waals surface area contributed by atoms with E-state index >= 15 is 0 Å². The minimum Gasteiger partial charge on any atom is -0.497 e. The Balaban J connectivity index is 2.19. The first-order valence-corrected chi connectivity index (χ1v) is 7.17. The van der Waals surface area contributed by atoms with Crippen LogP contribution >= 0.6 is 0 Å². The fourth-order valence-electron chi connectivity index (χ4n) is 2.69. The number of carboxylic acids is 1. The molecule has 5 heteroatoms. The monoisotopic (exact) mass is 311 g/mol. The van der Waals surface area contributed by atoms with Gasteiger partial charge in [0.1, 0.15) is 11.5 Å². The van der Waals surface area contributed by atoms with Gasteiger partial charge in [-0.25, -0.2) is 0 Å². The first-order chi connectivity index (χ1) is 11.1. The van der Waals surface area contributed by atoms with Crippen LogP contribution in [0.5, 0.6) is 11.5 Å². The molecule has 1 aromatic heterocycles. The van der Waals surface area contributed by atoms with Gasteiger partial charge in [-0.3, -0.25) is 4.79 Å². The van der Waals surface area contributed by atoms with Crippen molar-refractivity contribution in [3.63, 3.8) is 0 Å². The van der Waals surface area contributed by atoms with Crippen molar-refractivity contribution in [1.82, 2.24) is 4.98 Å². The molecule has 0 saturated carbocycles. The summed E-state index contributed by atoms with van der Waals surface area (Å²) in [7, 11) is 3.20. The number of nitrogens with one attached hydrogen (secondary N) is 1. The molecule has 0 fully saturated rings. The number of aromatic nitrogens is 1. The molecule has 0 aliphatic heterocycles. The van der Waals surface area contributed by atoms with Crippen molar-refractivity contribution in [1.29, 1.82) is 0 Å². The highest BCUT2D eigenvalue weighted by atomic mass is 16.5. The first kappa shape index (κ1) is 15.0. The first-order valence-electron chi connectivity index (χ1n) is 7.17. The summed E-state index contributed by atoms with van der Waals surface area (Å²) in [4.78, 5) is 14.6. The van der Waals surface area contributed by atoms with Crippen LogP contribution in [-0.4, -0.2) is 30.3 Å². The Morgan fingerprint density at radius 3 is 2.30 bits per heavy atom. The van der Waals surface area contributed by atoms with Crippen LogP contribution in [0.4, 0.5) is 0 Å². The van der Waals surface area contributed by atoms with E-state index in [2.05, 4.69) is 4.98 Å². The van der Waals surface area contributed by atoms with Gasteiger partial charge < -0.3 is 19.6 Å². The topological polar surface area (TPSA) is 71.5 Å². The third-order valence-corrected chi connectivity index (χ3v) is 3.82. The fraction of sp³-hybridized carbons (Fsp3) is 0.167. The van der Waals surface area contributed by atoms with Gasteiger partial charge in [0.25, 0.3) is 0 Å². The molecular weight excluding hydrogens is 294 g/mol. The molecule has 5 nitrogen and oxygen atoms in total. The molecule has 0 radical (unpaired) electrons. The number of methoxy groups -OCH3 is 2. The van der Waals surface area contributed by atoms with Crippen LogP contribution in [0, 0.1) is 0 Å². The molecule has 0 atom stereocenters.